The first-order chi connectivity index (χ1) is 21.7. The summed E-state index contributed by atoms with van der Waals surface area (Å²) in [5.74, 6) is -5.50. The third-order valence-electron chi connectivity index (χ3n) is 11.3. The summed E-state index contributed by atoms with van der Waals surface area (Å²) in [5.41, 5.74) is -7.28. The number of carbonyl (C=O) groups is 4. The fraction of sp³-hybridized carbons (Fsp3) is 0.697. The Labute approximate surface area is 356 Å². The van der Waals surface area contributed by atoms with Crippen molar-refractivity contribution in [1.29, 1.82) is 0 Å². The van der Waals surface area contributed by atoms with Gasteiger partial charge in [-0.05, 0) is 43.0 Å². The molecule has 4 aliphatic rings. The summed E-state index contributed by atoms with van der Waals surface area (Å²) in [6, 6.07) is 1.79. The van der Waals surface area contributed by atoms with Crippen molar-refractivity contribution in [3.63, 3.8) is 0 Å². The number of aliphatic hydroxyl groups excluding tert-OH is 3. The maximum Gasteiger partial charge on any atom is 0.337 e. The molecule has 1 aliphatic heterocycles. The number of esters is 2. The smallest absolute Gasteiger partial charge is 0.337 e. The molecule has 5 rings (SSSR count). The van der Waals surface area contributed by atoms with Crippen molar-refractivity contribution in [2.45, 2.75) is 115 Å². The van der Waals surface area contributed by atoms with Crippen molar-refractivity contribution in [2.24, 2.45) is 22.7 Å². The summed E-state index contributed by atoms with van der Waals surface area (Å²) in [6.07, 6.45) is -8.51. The molecule has 1 aromatic rings. The Morgan fingerprint density at radius 2 is 1.71 bits per heavy atom. The van der Waals surface area contributed by atoms with E-state index in [1.54, 1.807) is 27.7 Å². The molecule has 2 bridgehead atoms. The van der Waals surface area contributed by atoms with E-state index in [0.717, 1.165) is 6.92 Å². The van der Waals surface area contributed by atoms with Crippen LogP contribution < -0.4 is 5.32 Å². The maximum atomic E-state index is 14.3. The minimum atomic E-state index is -2.21. The Morgan fingerprint density at radius 3 is 2.22 bits per heavy atom. The Morgan fingerprint density at radius 1 is 1.08 bits per heavy atom. The van der Waals surface area contributed by atoms with Gasteiger partial charge in [0.25, 0.3) is 5.91 Å². The van der Waals surface area contributed by atoms with Crippen LogP contribution in [0.15, 0.2) is 34.0 Å². The predicted molar refractivity (Wildman–Crippen MR) is 160 cm³/mol. The van der Waals surface area contributed by atoms with E-state index in [0.29, 0.717) is 0 Å². The molecule has 3 fully saturated rings. The molecule has 3 aliphatic carbocycles. The molecular formula is C33H45Ac2NO13. The topological polar surface area (TPSA) is 222 Å². The van der Waals surface area contributed by atoms with E-state index >= 15 is 0 Å². The first-order valence-electron chi connectivity index (χ1n) is 15.8. The van der Waals surface area contributed by atoms with Crippen LogP contribution in [0.2, 0.25) is 0 Å². The van der Waals surface area contributed by atoms with E-state index in [9.17, 15) is 44.7 Å². The molecule has 0 aromatic carbocycles. The van der Waals surface area contributed by atoms with Crippen molar-refractivity contribution in [3.8, 4) is 0 Å². The molecule has 1 aromatic heterocycles. The van der Waals surface area contributed by atoms with Crippen LogP contribution in [0.5, 0.6) is 0 Å². The van der Waals surface area contributed by atoms with E-state index < -0.39 is 107 Å². The van der Waals surface area contributed by atoms with Crippen LogP contribution in [-0.2, 0) is 28.6 Å². The molecule has 16 heteroatoms. The zero-order valence-corrected chi connectivity index (χ0v) is 38.2. The summed E-state index contributed by atoms with van der Waals surface area (Å²) >= 11 is 0. The van der Waals surface area contributed by atoms with Crippen molar-refractivity contribution in [2.75, 3.05) is 6.61 Å². The van der Waals surface area contributed by atoms with Gasteiger partial charge in [-0.3, -0.25) is 14.4 Å². The summed E-state index contributed by atoms with van der Waals surface area (Å²) in [5, 5.41) is 61.6. The second-order valence-electron chi connectivity index (χ2n) is 14.5. The zero-order valence-electron chi connectivity index (χ0n) is 28.7. The van der Waals surface area contributed by atoms with Gasteiger partial charge < -0.3 is 49.5 Å². The number of amides is 1. The second-order valence-corrected chi connectivity index (χ2v) is 14.5. The number of aliphatic hydroxyl groups is 5. The molecule has 11 atom stereocenters. The van der Waals surface area contributed by atoms with Crippen molar-refractivity contribution < 1.29 is 151 Å². The molecule has 2 radical (unpaired) electrons. The van der Waals surface area contributed by atoms with Gasteiger partial charge in [0, 0.05) is 119 Å². The van der Waals surface area contributed by atoms with Crippen molar-refractivity contribution in [1.82, 2.24) is 5.32 Å². The van der Waals surface area contributed by atoms with Crippen LogP contribution in [0.4, 0.5) is 0 Å². The summed E-state index contributed by atoms with van der Waals surface area (Å²) in [4.78, 5) is 53.2. The number of ether oxygens (including phenoxy) is 3. The van der Waals surface area contributed by atoms with Gasteiger partial charge >= 0.3 is 11.9 Å². The van der Waals surface area contributed by atoms with Crippen LogP contribution in [0.3, 0.4) is 0 Å². The number of hydrogen-bond donors (Lipinski definition) is 6. The number of furan rings is 1. The zero-order chi connectivity index (χ0) is 35.0. The molecule has 2 heterocycles. The molecular weight excluding hydrogens is 1070 g/mol. The van der Waals surface area contributed by atoms with Gasteiger partial charge in [0.2, 0.25) is 0 Å². The van der Waals surface area contributed by atoms with Crippen molar-refractivity contribution in [3.05, 3.63) is 35.3 Å². The van der Waals surface area contributed by atoms with Crippen LogP contribution >= 0.6 is 0 Å². The van der Waals surface area contributed by atoms with E-state index in [1.807, 2.05) is 0 Å². The normalized spacial score (nSPS) is 37.4. The number of carbonyl (C=O) groups excluding carboxylic acids is 4. The average molecular weight is 1120 g/mol. The molecule has 2 saturated carbocycles. The third-order valence-corrected chi connectivity index (χ3v) is 11.3. The molecule has 1 amide bonds. The number of rotatable bonds is 7. The molecule has 1 saturated heterocycles. The SMILES string of the molecule is CC(=O)O[C@H]1[C@@H]2[C@]3(O)CO[C@@H]3C[C@H](O)[C@@]2(C)C(=O)[C@H](O)C2=C(C)[C@@H](OC(=O)[C@H](O)[C@@H](NC(=O)c3ccco3)C(C)C)C[C@]1(O)C2(C)C.[Ac].[Ac]. The van der Waals surface area contributed by atoms with Gasteiger partial charge in [0.05, 0.1) is 36.5 Å². The second kappa shape index (κ2) is 15.2. The monoisotopic (exact) mass is 1120 g/mol. The Bertz CT molecular complexity index is 1480. The van der Waals surface area contributed by atoms with Crippen LogP contribution in [0, 0.1) is 111 Å². The predicted octanol–water partition coefficient (Wildman–Crippen LogP) is 0.177. The van der Waals surface area contributed by atoms with Crippen LogP contribution in [0.25, 0.3) is 0 Å². The van der Waals surface area contributed by atoms with Gasteiger partial charge in [0.15, 0.2) is 17.6 Å². The van der Waals surface area contributed by atoms with Gasteiger partial charge in [0.1, 0.15) is 29.5 Å². The quantitative estimate of drug-likeness (QED) is 0.159. The number of hydrogen-bond acceptors (Lipinski definition) is 13. The van der Waals surface area contributed by atoms with Crippen LogP contribution in [-0.4, -0.2) is 110 Å². The molecule has 266 valence electrons. The summed E-state index contributed by atoms with van der Waals surface area (Å²) < 4.78 is 22.2. The Kier molecular flexibility index (Phi) is 13.4. The van der Waals surface area contributed by atoms with Crippen LogP contribution in [0.1, 0.15) is 71.9 Å². The Hall–Kier alpha value is -0.257. The number of ketones is 1. The van der Waals surface area contributed by atoms with Gasteiger partial charge in [-0.15, -0.1) is 0 Å². The molecule has 0 spiro atoms. The van der Waals surface area contributed by atoms with Gasteiger partial charge in [-0.25, -0.2) is 4.79 Å². The third kappa shape index (κ3) is 6.85. The fourth-order valence-corrected chi connectivity index (χ4v) is 8.39. The van der Waals surface area contributed by atoms with Gasteiger partial charge in [-0.2, -0.15) is 0 Å². The minimum absolute atomic E-state index is 0. The number of Topliss-reactive ketones (excluding diaryl/α,β-unsaturated/α-hetero) is 1. The van der Waals surface area contributed by atoms with Crippen molar-refractivity contribution >= 4 is 23.6 Å². The standard InChI is InChI=1S/C33H45NO13.2Ac/c1-14(2)22(34-28(40)17-9-8-10-44-17)24(38)29(41)47-18-12-33(43)27(46-16(4)35)25-31(7,19(36)11-20-32(25,42)13-45-20)26(39)23(37)21(15(18)3)30(33,5)6;;/h8-10,14,18-20,22-25,27,36-38,42-43H,11-13H2,1-7H3,(H,34,40);;/t18-,19-,20+,22-,23+,24+,25-,27-,31+,32-,33+;;/m0../s1. The van der Waals surface area contributed by atoms with E-state index in [4.69, 9.17) is 18.6 Å². The first-order valence-corrected chi connectivity index (χ1v) is 15.8. The van der Waals surface area contributed by atoms with Gasteiger partial charge in [-0.1, -0.05) is 27.7 Å². The number of nitrogens with one attached hydrogen (secondary N) is 1. The average Bonchev–Trinajstić information content (AvgIpc) is 3.53. The van der Waals surface area contributed by atoms with E-state index in [2.05, 4.69) is 5.32 Å². The van der Waals surface area contributed by atoms with E-state index in [1.165, 1.54) is 32.2 Å². The molecule has 6 N–H and O–H groups in total. The summed E-state index contributed by atoms with van der Waals surface area (Å²) in [7, 11) is 0. The minimum Gasteiger partial charge on any atom is -0.459 e. The summed E-state index contributed by atoms with van der Waals surface area (Å²) in [6.45, 7) is 10.1. The largest absolute Gasteiger partial charge is 0.459 e. The molecule has 0 unspecified atom stereocenters. The van der Waals surface area contributed by atoms with E-state index in [-0.39, 0.29) is 118 Å². The molecule has 49 heavy (non-hydrogen) atoms. The molecule has 14 nitrogen and oxygen atoms in total. The Balaban J connectivity index is 0.00000325. The maximum absolute atomic E-state index is 14.3. The fourth-order valence-electron chi connectivity index (χ4n) is 8.39. The first kappa shape index (κ1) is 43.1. The number of fused-ring (bicyclic) bond motifs is 5.